The van der Waals surface area contributed by atoms with E-state index in [1.807, 2.05) is 70.0 Å². The monoisotopic (exact) mass is 757 g/mol. The number of cyclic esters (lactones) is 1. The summed E-state index contributed by atoms with van der Waals surface area (Å²) < 4.78 is 31.7. The van der Waals surface area contributed by atoms with Crippen LogP contribution in [0.25, 0.3) is 0 Å². The molecular formula is C40H63N5O9. The Bertz CT molecular complexity index is 1510. The molecule has 3 fully saturated rings. The number of methoxy groups -OCH3 is 1. The molecule has 2 bridgehead atoms. The molecule has 302 valence electrons. The maximum atomic E-state index is 14.3. The Labute approximate surface area is 320 Å². The van der Waals surface area contributed by atoms with Crippen LogP contribution in [0.15, 0.2) is 29.5 Å². The van der Waals surface area contributed by atoms with Crippen LogP contribution in [0.1, 0.15) is 86.6 Å². The van der Waals surface area contributed by atoms with Crippen LogP contribution in [0.3, 0.4) is 0 Å². The minimum atomic E-state index is -1.25. The number of fused-ring (bicyclic) bond motifs is 1. The van der Waals surface area contributed by atoms with Crippen molar-refractivity contribution in [1.29, 1.82) is 0 Å². The van der Waals surface area contributed by atoms with Crippen LogP contribution in [0, 0.1) is 23.7 Å². The molecule has 3 saturated heterocycles. The minimum absolute atomic E-state index is 0.218. The van der Waals surface area contributed by atoms with Crippen LogP contribution in [0.2, 0.25) is 0 Å². The second-order valence-electron chi connectivity index (χ2n) is 16.5. The third kappa shape index (κ3) is 8.24. The van der Waals surface area contributed by atoms with Crippen LogP contribution in [-0.2, 0) is 39.7 Å². The molecule has 14 nitrogen and oxygen atoms in total. The quantitative estimate of drug-likeness (QED) is 0.283. The highest BCUT2D eigenvalue weighted by atomic mass is 16.7. The van der Waals surface area contributed by atoms with Crippen molar-refractivity contribution in [2.75, 3.05) is 34.4 Å². The highest BCUT2D eigenvalue weighted by molar-refractivity contribution is 6.00. The third-order valence-electron chi connectivity index (χ3n) is 12.4. The second-order valence-corrected chi connectivity index (χ2v) is 16.5. The fourth-order valence-corrected chi connectivity index (χ4v) is 9.36. The summed E-state index contributed by atoms with van der Waals surface area (Å²) in [6, 6.07) is 3.13. The Morgan fingerprint density at radius 3 is 2.44 bits per heavy atom. The van der Waals surface area contributed by atoms with Crippen molar-refractivity contribution in [1.82, 2.24) is 19.9 Å². The Kier molecular flexibility index (Phi) is 13.3. The van der Waals surface area contributed by atoms with Gasteiger partial charge in [0.1, 0.15) is 30.8 Å². The first-order chi connectivity index (χ1) is 25.5. The van der Waals surface area contributed by atoms with Gasteiger partial charge in [-0.15, -0.1) is 0 Å². The van der Waals surface area contributed by atoms with Gasteiger partial charge in [0.2, 0.25) is 0 Å². The topological polar surface area (TPSA) is 153 Å². The molecule has 5 rings (SSSR count). The van der Waals surface area contributed by atoms with Crippen molar-refractivity contribution in [2.45, 2.75) is 141 Å². The van der Waals surface area contributed by atoms with Gasteiger partial charge in [0.25, 0.3) is 0 Å². The van der Waals surface area contributed by atoms with Crippen LogP contribution >= 0.6 is 0 Å². The molecule has 1 aromatic heterocycles. The van der Waals surface area contributed by atoms with E-state index in [0.717, 1.165) is 24.1 Å². The SMILES string of the molecule is CC[C@@H]1OC(=O)C(C)C(=O)[C@H](C)[C@@H](O[C@@H]2O[C@H](C)C[C@H](N(C)C)[C@H]2O)[C@@](C)(OC)C[C@@H](C)C2=NCN(CCCc3cccnc3)N3C(=O)O[C@@]1(C)[C@H]3[C@@H]2C. The fourth-order valence-electron chi connectivity index (χ4n) is 9.36. The highest BCUT2D eigenvalue weighted by Gasteiger charge is 2.62. The summed E-state index contributed by atoms with van der Waals surface area (Å²) in [6.07, 6.45) is 1.83. The van der Waals surface area contributed by atoms with Gasteiger partial charge in [-0.3, -0.25) is 19.6 Å². The largest absolute Gasteiger partial charge is 0.458 e. The van der Waals surface area contributed by atoms with Crippen LogP contribution in [0.5, 0.6) is 0 Å². The lowest BCUT2D eigenvalue weighted by Gasteiger charge is -2.47. The molecule has 1 amide bonds. The summed E-state index contributed by atoms with van der Waals surface area (Å²) in [5.74, 6) is -3.69. The average molecular weight is 758 g/mol. The molecule has 1 unspecified atom stereocenters. The number of hydrazine groups is 1. The molecule has 54 heavy (non-hydrogen) atoms. The van der Waals surface area contributed by atoms with Gasteiger partial charge in [-0.1, -0.05) is 33.8 Å². The van der Waals surface area contributed by atoms with E-state index in [0.29, 0.717) is 25.8 Å². The number of hydrogen-bond donors (Lipinski definition) is 1. The number of aliphatic imine (C=N–C) groups is 1. The van der Waals surface area contributed by atoms with E-state index < -0.39 is 71.5 Å². The van der Waals surface area contributed by atoms with E-state index >= 15 is 0 Å². The van der Waals surface area contributed by atoms with E-state index in [1.54, 1.807) is 25.2 Å². The Morgan fingerprint density at radius 2 is 1.81 bits per heavy atom. The van der Waals surface area contributed by atoms with Gasteiger partial charge in [-0.05, 0) is 91.4 Å². The molecule has 4 aliphatic rings. The number of likely N-dealkylation sites (N-methyl/N-ethyl adjacent to an activating group) is 1. The molecular weight excluding hydrogens is 694 g/mol. The zero-order valence-electron chi connectivity index (χ0n) is 34.1. The van der Waals surface area contributed by atoms with Gasteiger partial charge in [-0.2, -0.15) is 5.01 Å². The number of hydrogen-bond acceptors (Lipinski definition) is 13. The summed E-state index contributed by atoms with van der Waals surface area (Å²) in [5.41, 5.74) is -0.420. The standard InChI is InChI=1S/C40H63N5O9/c1-12-30-40(8)34-25(4)31(42-22-44(45(34)38(49)54-40)18-14-16-28-15-13-17-41-21-28)23(2)20-39(7,50-11)35(26(5)32(46)27(6)36(48)52-30)53-37-33(47)29(43(9)10)19-24(3)51-37/h13,15,17,21,23-27,29-30,33-35,37,47H,12,14,16,18-20,22H2,1-11H3/t23-,24-,25-,26+,27?,29+,30+,33-,34-,35-,37+,39+,40-/m1/s1. The number of aryl methyl sites for hydroxylation is 1. The molecule has 0 aliphatic carbocycles. The van der Waals surface area contributed by atoms with Crippen LogP contribution < -0.4 is 0 Å². The van der Waals surface area contributed by atoms with Gasteiger partial charge in [0.05, 0.1) is 17.8 Å². The van der Waals surface area contributed by atoms with Gasteiger partial charge in [0, 0.05) is 49.6 Å². The van der Waals surface area contributed by atoms with Crippen molar-refractivity contribution in [3.05, 3.63) is 30.1 Å². The molecule has 0 aromatic carbocycles. The number of aliphatic hydroxyl groups is 1. The van der Waals surface area contributed by atoms with Crippen molar-refractivity contribution < 1.29 is 43.2 Å². The zero-order valence-corrected chi connectivity index (χ0v) is 34.1. The van der Waals surface area contributed by atoms with E-state index in [1.165, 1.54) is 6.92 Å². The first-order valence-corrected chi connectivity index (χ1v) is 19.6. The number of carbonyl (C=O) groups is 3. The molecule has 1 aromatic rings. The Hall–Kier alpha value is -3.01. The maximum absolute atomic E-state index is 14.3. The van der Waals surface area contributed by atoms with E-state index in [-0.39, 0.29) is 30.7 Å². The van der Waals surface area contributed by atoms with E-state index in [4.69, 9.17) is 28.7 Å². The first kappa shape index (κ1) is 42.1. The number of esters is 1. The summed E-state index contributed by atoms with van der Waals surface area (Å²) >= 11 is 0. The number of pyridine rings is 1. The smallest absolute Gasteiger partial charge is 0.425 e. The Balaban J connectivity index is 1.57. The van der Waals surface area contributed by atoms with Crippen molar-refractivity contribution >= 4 is 23.6 Å². The number of rotatable bonds is 9. The molecule has 0 saturated carbocycles. The number of amides is 1. The van der Waals surface area contributed by atoms with Gasteiger partial charge in [-0.25, -0.2) is 9.80 Å². The third-order valence-corrected chi connectivity index (χ3v) is 12.4. The van der Waals surface area contributed by atoms with E-state index in [9.17, 15) is 19.5 Å². The van der Waals surface area contributed by atoms with Crippen LogP contribution in [-0.4, -0.2) is 137 Å². The number of ether oxygens (including phenoxy) is 5. The number of Topliss-reactive ketones (excluding diaryl/α,β-unsaturated/α-hetero) is 1. The molecule has 0 spiro atoms. The molecule has 0 radical (unpaired) electrons. The maximum Gasteiger partial charge on any atom is 0.425 e. The summed E-state index contributed by atoms with van der Waals surface area (Å²) in [6.45, 7) is 15.7. The van der Waals surface area contributed by atoms with E-state index in [2.05, 4.69) is 18.8 Å². The second kappa shape index (κ2) is 17.0. The number of carbonyl (C=O) groups excluding carboxylic acids is 3. The van der Waals surface area contributed by atoms with Crippen molar-refractivity contribution in [3.8, 4) is 0 Å². The zero-order chi connectivity index (χ0) is 39.7. The normalized spacial score (nSPS) is 39.8. The minimum Gasteiger partial charge on any atom is -0.458 e. The number of aromatic nitrogens is 1. The predicted octanol–water partition coefficient (Wildman–Crippen LogP) is 4.28. The Morgan fingerprint density at radius 1 is 1.09 bits per heavy atom. The summed E-state index contributed by atoms with van der Waals surface area (Å²) in [7, 11) is 5.39. The van der Waals surface area contributed by atoms with Crippen LogP contribution in [0.4, 0.5) is 4.79 Å². The fraction of sp³-hybridized carbons (Fsp3) is 0.775. The molecule has 14 heteroatoms. The van der Waals surface area contributed by atoms with Gasteiger partial charge < -0.3 is 33.7 Å². The predicted molar refractivity (Wildman–Crippen MR) is 201 cm³/mol. The molecule has 13 atom stereocenters. The van der Waals surface area contributed by atoms with Crippen molar-refractivity contribution in [2.24, 2.45) is 28.7 Å². The summed E-state index contributed by atoms with van der Waals surface area (Å²) in [5, 5.41) is 15.1. The lowest BCUT2D eigenvalue weighted by atomic mass is 9.73. The van der Waals surface area contributed by atoms with Crippen molar-refractivity contribution in [3.63, 3.8) is 0 Å². The molecule has 4 aliphatic heterocycles. The molecule has 1 N–H and O–H groups in total. The lowest BCUT2D eigenvalue weighted by molar-refractivity contribution is -0.295. The number of aliphatic hydroxyl groups excluding tert-OH is 1. The highest BCUT2D eigenvalue weighted by Crippen LogP contribution is 2.45. The average Bonchev–Trinajstić information content (AvgIpc) is 3.31. The molecule has 5 heterocycles. The first-order valence-electron chi connectivity index (χ1n) is 19.6. The summed E-state index contributed by atoms with van der Waals surface area (Å²) in [4.78, 5) is 53.7. The lowest BCUT2D eigenvalue weighted by Crippen LogP contribution is -2.61. The number of nitrogens with zero attached hydrogens (tertiary/aromatic N) is 5. The van der Waals surface area contributed by atoms with Gasteiger partial charge in [0.15, 0.2) is 17.7 Å². The van der Waals surface area contributed by atoms with Gasteiger partial charge >= 0.3 is 12.1 Å². The number of ketones is 1.